The average molecular weight is 307 g/mol. The summed E-state index contributed by atoms with van der Waals surface area (Å²) in [5.41, 5.74) is -0.312. The van der Waals surface area contributed by atoms with Crippen molar-refractivity contribution in [2.45, 2.75) is 44.6 Å². The molecule has 0 aliphatic heterocycles. The lowest BCUT2D eigenvalue weighted by atomic mass is 9.96. The summed E-state index contributed by atoms with van der Waals surface area (Å²) < 4.78 is 10.3. The second-order valence-corrected chi connectivity index (χ2v) is 6.48. The third-order valence-electron chi connectivity index (χ3n) is 3.52. The van der Waals surface area contributed by atoms with Crippen molar-refractivity contribution in [1.29, 1.82) is 0 Å². The van der Waals surface area contributed by atoms with Crippen LogP contribution < -0.4 is 10.1 Å². The second kappa shape index (κ2) is 5.51. The molecule has 0 spiro atoms. The number of hydrogen-bond donors (Lipinski definition) is 2. The smallest absolute Gasteiger partial charge is 0.412 e. The Labute approximate surface area is 129 Å². The number of phenolic OH excluding ortho intramolecular Hbond substituents is 1. The van der Waals surface area contributed by atoms with Crippen LogP contribution in [0, 0.1) is 0 Å². The van der Waals surface area contributed by atoms with Gasteiger partial charge in [-0.25, -0.2) is 4.79 Å². The molecule has 2 N–H and O–H groups in total. The summed E-state index contributed by atoms with van der Waals surface area (Å²) in [5, 5.41) is 12.6. The van der Waals surface area contributed by atoms with Gasteiger partial charge in [0.2, 0.25) is 0 Å². The number of carbonyl (C=O) groups is 2. The van der Waals surface area contributed by atoms with E-state index in [-0.39, 0.29) is 17.2 Å². The molecule has 0 aromatic heterocycles. The lowest BCUT2D eigenvalue weighted by Crippen LogP contribution is -2.27. The highest BCUT2D eigenvalue weighted by Crippen LogP contribution is 2.49. The van der Waals surface area contributed by atoms with E-state index in [2.05, 4.69) is 5.32 Å². The van der Waals surface area contributed by atoms with Crippen molar-refractivity contribution in [3.63, 3.8) is 0 Å². The summed E-state index contributed by atoms with van der Waals surface area (Å²) in [5.74, 6) is 0.00971. The molecule has 22 heavy (non-hydrogen) atoms. The zero-order valence-corrected chi connectivity index (χ0v) is 13.2. The zero-order valence-electron chi connectivity index (χ0n) is 13.2. The van der Waals surface area contributed by atoms with Gasteiger partial charge in [0, 0.05) is 0 Å². The molecule has 2 rings (SSSR count). The molecule has 1 aliphatic rings. The fraction of sp³-hybridized carbons (Fsp3) is 0.500. The van der Waals surface area contributed by atoms with Gasteiger partial charge in [0.25, 0.3) is 0 Å². The summed E-state index contributed by atoms with van der Waals surface area (Å²) in [7, 11) is 1.41. The molecule has 1 saturated carbocycles. The van der Waals surface area contributed by atoms with Crippen molar-refractivity contribution in [1.82, 2.24) is 0 Å². The van der Waals surface area contributed by atoms with E-state index in [1.807, 2.05) is 0 Å². The van der Waals surface area contributed by atoms with E-state index >= 15 is 0 Å². The molecule has 1 aromatic carbocycles. The molecule has 1 aromatic rings. The fourth-order valence-corrected chi connectivity index (χ4v) is 2.17. The van der Waals surface area contributed by atoms with Crippen molar-refractivity contribution < 1.29 is 24.2 Å². The monoisotopic (exact) mass is 307 g/mol. The Morgan fingerprint density at radius 3 is 2.45 bits per heavy atom. The number of methoxy groups -OCH3 is 1. The standard InChI is InChI=1S/C16H21NO5/c1-15(2,3)22-14(20)17-11-7-10(16(9-18)5-6-16)8-12(21-4)13(11)19/h7-9,19H,5-6H2,1-4H3,(H,17,20). The van der Waals surface area contributed by atoms with E-state index in [0.29, 0.717) is 5.56 Å². The van der Waals surface area contributed by atoms with Gasteiger partial charge in [-0.3, -0.25) is 5.32 Å². The van der Waals surface area contributed by atoms with Crippen LogP contribution >= 0.6 is 0 Å². The Morgan fingerprint density at radius 1 is 1.36 bits per heavy atom. The maximum absolute atomic E-state index is 11.9. The minimum atomic E-state index is -0.682. The summed E-state index contributed by atoms with van der Waals surface area (Å²) in [6, 6.07) is 3.21. The normalized spacial score (nSPS) is 15.8. The number of amides is 1. The summed E-state index contributed by atoms with van der Waals surface area (Å²) in [6.45, 7) is 5.24. The second-order valence-electron chi connectivity index (χ2n) is 6.48. The highest BCUT2D eigenvalue weighted by atomic mass is 16.6. The topological polar surface area (TPSA) is 84.9 Å². The average Bonchev–Trinajstić information content (AvgIpc) is 3.20. The van der Waals surface area contributed by atoms with E-state index in [9.17, 15) is 14.7 Å². The number of carbonyl (C=O) groups excluding carboxylic acids is 2. The van der Waals surface area contributed by atoms with Crippen LogP contribution in [0.5, 0.6) is 11.5 Å². The maximum atomic E-state index is 11.9. The van der Waals surface area contributed by atoms with Crippen LogP contribution in [0.3, 0.4) is 0 Å². The summed E-state index contributed by atoms with van der Waals surface area (Å²) >= 11 is 0. The van der Waals surface area contributed by atoms with Gasteiger partial charge < -0.3 is 19.4 Å². The van der Waals surface area contributed by atoms with Crippen molar-refractivity contribution in [2.75, 3.05) is 12.4 Å². The molecule has 0 unspecified atom stereocenters. The van der Waals surface area contributed by atoms with Gasteiger partial charge in [-0.1, -0.05) is 0 Å². The van der Waals surface area contributed by atoms with Gasteiger partial charge in [-0.05, 0) is 51.3 Å². The molecule has 0 saturated heterocycles. The predicted molar refractivity (Wildman–Crippen MR) is 81.5 cm³/mol. The number of ether oxygens (including phenoxy) is 2. The van der Waals surface area contributed by atoms with Crippen LogP contribution in [-0.2, 0) is 14.9 Å². The van der Waals surface area contributed by atoms with E-state index in [0.717, 1.165) is 19.1 Å². The van der Waals surface area contributed by atoms with Gasteiger partial charge in [0.15, 0.2) is 11.5 Å². The van der Waals surface area contributed by atoms with E-state index in [1.165, 1.54) is 7.11 Å². The first-order chi connectivity index (χ1) is 10.2. The van der Waals surface area contributed by atoms with E-state index in [4.69, 9.17) is 9.47 Å². The first kappa shape index (κ1) is 16.1. The number of hydrogen-bond acceptors (Lipinski definition) is 5. The Kier molecular flexibility index (Phi) is 4.04. The number of aromatic hydroxyl groups is 1. The minimum Gasteiger partial charge on any atom is -0.503 e. The van der Waals surface area contributed by atoms with Gasteiger partial charge in [-0.2, -0.15) is 0 Å². The van der Waals surface area contributed by atoms with Crippen LogP contribution in [0.25, 0.3) is 0 Å². The van der Waals surface area contributed by atoms with Gasteiger partial charge in [0.1, 0.15) is 11.9 Å². The van der Waals surface area contributed by atoms with Crippen molar-refractivity contribution in [2.24, 2.45) is 0 Å². The molecule has 6 nitrogen and oxygen atoms in total. The van der Waals surface area contributed by atoms with Crippen LogP contribution in [0.1, 0.15) is 39.2 Å². The molecule has 120 valence electrons. The van der Waals surface area contributed by atoms with E-state index in [1.54, 1.807) is 32.9 Å². The van der Waals surface area contributed by atoms with Gasteiger partial charge in [-0.15, -0.1) is 0 Å². The van der Waals surface area contributed by atoms with Gasteiger partial charge in [0.05, 0.1) is 18.2 Å². The molecule has 0 bridgehead atoms. The minimum absolute atomic E-state index is 0.164. The molecular formula is C16H21NO5. The fourth-order valence-electron chi connectivity index (χ4n) is 2.17. The van der Waals surface area contributed by atoms with Crippen LogP contribution in [0.2, 0.25) is 0 Å². The van der Waals surface area contributed by atoms with Gasteiger partial charge >= 0.3 is 6.09 Å². The number of anilines is 1. The highest BCUT2D eigenvalue weighted by molar-refractivity contribution is 5.89. The number of benzene rings is 1. The lowest BCUT2D eigenvalue weighted by Gasteiger charge is -2.21. The molecule has 1 fully saturated rings. The molecule has 1 aliphatic carbocycles. The van der Waals surface area contributed by atoms with Crippen LogP contribution in [0.15, 0.2) is 12.1 Å². The molecule has 0 radical (unpaired) electrons. The Bertz CT molecular complexity index is 599. The molecule has 6 heteroatoms. The van der Waals surface area contributed by atoms with E-state index < -0.39 is 17.1 Å². The van der Waals surface area contributed by atoms with Crippen molar-refractivity contribution in [3.8, 4) is 11.5 Å². The maximum Gasteiger partial charge on any atom is 0.412 e. The Morgan fingerprint density at radius 2 is 2.00 bits per heavy atom. The Hall–Kier alpha value is -2.24. The first-order valence-electron chi connectivity index (χ1n) is 7.08. The quantitative estimate of drug-likeness (QED) is 0.660. The van der Waals surface area contributed by atoms with Crippen molar-refractivity contribution in [3.05, 3.63) is 17.7 Å². The third kappa shape index (κ3) is 3.32. The third-order valence-corrected chi connectivity index (χ3v) is 3.52. The number of phenols is 1. The summed E-state index contributed by atoms with van der Waals surface area (Å²) in [4.78, 5) is 23.2. The number of rotatable bonds is 4. The highest BCUT2D eigenvalue weighted by Gasteiger charge is 2.45. The largest absolute Gasteiger partial charge is 0.503 e. The lowest BCUT2D eigenvalue weighted by molar-refractivity contribution is -0.109. The first-order valence-corrected chi connectivity index (χ1v) is 7.08. The molecule has 0 atom stereocenters. The van der Waals surface area contributed by atoms with Crippen LogP contribution in [0.4, 0.5) is 10.5 Å². The molecule has 0 heterocycles. The van der Waals surface area contributed by atoms with Crippen LogP contribution in [-0.4, -0.2) is 30.2 Å². The molecular weight excluding hydrogens is 286 g/mol. The molecule has 1 amide bonds. The number of nitrogens with one attached hydrogen (secondary N) is 1. The van der Waals surface area contributed by atoms with Crippen molar-refractivity contribution >= 4 is 18.1 Å². The SMILES string of the molecule is COc1cc(C2(C=O)CC2)cc(NC(=O)OC(C)(C)C)c1O. The zero-order chi connectivity index (χ0) is 16.5. The Balaban J connectivity index is 2.32. The summed E-state index contributed by atoms with van der Waals surface area (Å²) in [6.07, 6.45) is 1.71. The predicted octanol–water partition coefficient (Wildman–Crippen LogP) is 2.98. The number of aldehydes is 1.